The van der Waals surface area contributed by atoms with Crippen molar-refractivity contribution >= 4 is 50.8 Å². The number of halogens is 2. The molecule has 38 heavy (non-hydrogen) atoms. The molecule has 2 aromatic carbocycles. The average molecular weight is 653 g/mol. The highest BCUT2D eigenvalue weighted by molar-refractivity contribution is 9.11. The Kier molecular flexibility index (Phi) is 12.7. The summed E-state index contributed by atoms with van der Waals surface area (Å²) in [5.41, 5.74) is 1.37. The summed E-state index contributed by atoms with van der Waals surface area (Å²) in [6, 6.07) is 14.1. The van der Waals surface area contributed by atoms with Gasteiger partial charge in [0.1, 0.15) is 6.04 Å². The SMILES string of the molecule is CC(C)C[C@H](NC(=O)[C@H](Cc1ccccc1)NC(=O)c1cc(Br)ccc1Br)B1OCCN(CCO)CCO1. The van der Waals surface area contributed by atoms with Gasteiger partial charge in [0.15, 0.2) is 0 Å². The third-order valence-electron chi connectivity index (χ3n) is 6.25. The summed E-state index contributed by atoms with van der Waals surface area (Å²) in [4.78, 5) is 29.0. The molecule has 0 aromatic heterocycles. The van der Waals surface area contributed by atoms with Gasteiger partial charge < -0.3 is 25.0 Å². The van der Waals surface area contributed by atoms with E-state index in [1.165, 1.54) is 0 Å². The molecule has 8 nitrogen and oxygen atoms in total. The second kappa shape index (κ2) is 15.7. The van der Waals surface area contributed by atoms with Gasteiger partial charge in [0.25, 0.3) is 5.91 Å². The largest absolute Gasteiger partial charge is 0.480 e. The minimum absolute atomic E-state index is 0.0838. The van der Waals surface area contributed by atoms with Crippen LogP contribution in [0.25, 0.3) is 0 Å². The van der Waals surface area contributed by atoms with Crippen LogP contribution in [0, 0.1) is 5.92 Å². The third kappa shape index (κ3) is 9.77. The second-order valence-corrected chi connectivity index (χ2v) is 11.5. The number of β-amino-alcohol motifs (C(OH)–C–C–N with tert-alkyl or cyclic N) is 1. The maximum atomic E-state index is 13.7. The summed E-state index contributed by atoms with van der Waals surface area (Å²) in [6.07, 6.45) is 0.987. The lowest BCUT2D eigenvalue weighted by Crippen LogP contribution is -2.57. The van der Waals surface area contributed by atoms with Crippen LogP contribution in [-0.2, 0) is 20.5 Å². The van der Waals surface area contributed by atoms with Crippen LogP contribution in [0.2, 0.25) is 0 Å². The van der Waals surface area contributed by atoms with E-state index < -0.39 is 13.2 Å². The van der Waals surface area contributed by atoms with Gasteiger partial charge in [0.2, 0.25) is 5.91 Å². The molecule has 1 aliphatic rings. The zero-order chi connectivity index (χ0) is 27.5. The van der Waals surface area contributed by atoms with Gasteiger partial charge in [-0.15, -0.1) is 0 Å². The lowest BCUT2D eigenvalue weighted by molar-refractivity contribution is -0.123. The molecule has 11 heteroatoms. The molecular weight excluding hydrogens is 617 g/mol. The fraction of sp³-hybridized carbons (Fsp3) is 0.481. The van der Waals surface area contributed by atoms with Crippen molar-refractivity contribution in [1.82, 2.24) is 15.5 Å². The van der Waals surface area contributed by atoms with Gasteiger partial charge in [-0.3, -0.25) is 14.5 Å². The predicted octanol–water partition coefficient (Wildman–Crippen LogP) is 3.45. The summed E-state index contributed by atoms with van der Waals surface area (Å²) in [6.45, 7) is 7.03. The van der Waals surface area contributed by atoms with Crippen LogP contribution in [0.1, 0.15) is 36.2 Å². The molecule has 2 aromatic rings. The molecule has 3 N–H and O–H groups in total. The Balaban J connectivity index is 1.77. The number of hydrogen-bond donors (Lipinski definition) is 3. The van der Waals surface area contributed by atoms with E-state index in [2.05, 4.69) is 61.2 Å². The van der Waals surface area contributed by atoms with E-state index in [9.17, 15) is 14.7 Å². The first-order valence-electron chi connectivity index (χ1n) is 12.9. The Hall–Kier alpha value is -1.76. The van der Waals surface area contributed by atoms with Crippen LogP contribution in [0.15, 0.2) is 57.5 Å². The number of amides is 2. The first-order valence-corrected chi connectivity index (χ1v) is 14.5. The summed E-state index contributed by atoms with van der Waals surface area (Å²) in [7, 11) is -0.607. The quantitative estimate of drug-likeness (QED) is 0.322. The Morgan fingerprint density at radius 2 is 1.74 bits per heavy atom. The molecule has 3 rings (SSSR count). The molecule has 1 aliphatic heterocycles. The van der Waals surface area contributed by atoms with Gasteiger partial charge in [0, 0.05) is 48.2 Å². The van der Waals surface area contributed by atoms with Gasteiger partial charge in [-0.05, 0) is 52.0 Å². The van der Waals surface area contributed by atoms with Crippen molar-refractivity contribution in [2.24, 2.45) is 5.92 Å². The maximum Gasteiger partial charge on any atom is 0.480 e. The average Bonchev–Trinajstić information content (AvgIpc) is 2.86. The molecule has 0 saturated carbocycles. The summed E-state index contributed by atoms with van der Waals surface area (Å²) >= 11 is 6.85. The van der Waals surface area contributed by atoms with Gasteiger partial charge >= 0.3 is 7.12 Å². The van der Waals surface area contributed by atoms with Crippen LogP contribution in [0.4, 0.5) is 0 Å². The van der Waals surface area contributed by atoms with Crippen molar-refractivity contribution in [2.45, 2.75) is 38.7 Å². The zero-order valence-corrected chi connectivity index (χ0v) is 25.0. The van der Waals surface area contributed by atoms with Crippen LogP contribution in [0.3, 0.4) is 0 Å². The van der Waals surface area contributed by atoms with E-state index in [1.54, 1.807) is 12.1 Å². The van der Waals surface area contributed by atoms with Crippen molar-refractivity contribution in [1.29, 1.82) is 0 Å². The van der Waals surface area contributed by atoms with E-state index in [0.29, 0.717) is 55.7 Å². The van der Waals surface area contributed by atoms with Gasteiger partial charge in [-0.1, -0.05) is 60.1 Å². The van der Waals surface area contributed by atoms with Gasteiger partial charge in [-0.25, -0.2) is 0 Å². The van der Waals surface area contributed by atoms with Crippen LogP contribution >= 0.6 is 31.9 Å². The monoisotopic (exact) mass is 651 g/mol. The topological polar surface area (TPSA) is 100 Å². The van der Waals surface area contributed by atoms with Crippen molar-refractivity contribution in [3.8, 4) is 0 Å². The fourth-order valence-electron chi connectivity index (χ4n) is 4.35. The van der Waals surface area contributed by atoms with Crippen LogP contribution < -0.4 is 10.6 Å². The Labute approximate surface area is 242 Å². The summed E-state index contributed by atoms with van der Waals surface area (Å²) < 4.78 is 13.5. The third-order valence-corrected chi connectivity index (χ3v) is 7.44. The van der Waals surface area contributed by atoms with Crippen LogP contribution in [0.5, 0.6) is 0 Å². The van der Waals surface area contributed by atoms with Gasteiger partial charge in [-0.2, -0.15) is 0 Å². The minimum atomic E-state index is -0.806. The fourth-order valence-corrected chi connectivity index (χ4v) is 5.14. The molecule has 206 valence electrons. The van der Waals surface area contributed by atoms with E-state index in [1.807, 2.05) is 36.4 Å². The van der Waals surface area contributed by atoms with Crippen molar-refractivity contribution in [3.05, 3.63) is 68.6 Å². The molecule has 2 atom stereocenters. The van der Waals surface area contributed by atoms with Crippen molar-refractivity contribution in [3.63, 3.8) is 0 Å². The number of aliphatic hydroxyl groups excluding tert-OH is 1. The standard InChI is InChI=1S/C27H36BBr2N3O5/c1-19(2)16-25(28-37-14-11-33(10-13-34)12-15-38-28)32-27(36)24(17-20-6-4-3-5-7-20)31-26(35)22-18-21(29)8-9-23(22)30/h3-9,18-19,24-25,34H,10-17H2,1-2H3,(H,31,35)(H,32,36)/t24-,25-/m0/s1. The molecule has 1 fully saturated rings. The molecular formula is C27H36BBr2N3O5. The van der Waals surface area contributed by atoms with E-state index >= 15 is 0 Å². The molecule has 1 saturated heterocycles. The van der Waals surface area contributed by atoms with Crippen molar-refractivity contribution < 1.29 is 24.0 Å². The molecule has 0 bridgehead atoms. The number of rotatable bonds is 11. The highest BCUT2D eigenvalue weighted by Gasteiger charge is 2.35. The first-order chi connectivity index (χ1) is 18.3. The first kappa shape index (κ1) is 30.8. The number of nitrogens with one attached hydrogen (secondary N) is 2. The smallest absolute Gasteiger partial charge is 0.408 e. The van der Waals surface area contributed by atoms with E-state index in [4.69, 9.17) is 9.31 Å². The molecule has 0 spiro atoms. The number of carbonyl (C=O) groups excluding carboxylic acids is 2. The molecule has 2 amide bonds. The Morgan fingerprint density at radius 3 is 2.37 bits per heavy atom. The molecule has 0 unspecified atom stereocenters. The van der Waals surface area contributed by atoms with Crippen LogP contribution in [-0.4, -0.2) is 80.4 Å². The normalized spacial score (nSPS) is 16.4. The minimum Gasteiger partial charge on any atom is -0.408 e. The maximum absolute atomic E-state index is 13.7. The van der Waals surface area contributed by atoms with E-state index in [-0.39, 0.29) is 30.3 Å². The highest BCUT2D eigenvalue weighted by Crippen LogP contribution is 2.22. The lowest BCUT2D eigenvalue weighted by atomic mass is 9.73. The molecule has 0 radical (unpaired) electrons. The Morgan fingerprint density at radius 1 is 1.05 bits per heavy atom. The second-order valence-electron chi connectivity index (χ2n) is 9.76. The zero-order valence-electron chi connectivity index (χ0n) is 21.9. The highest BCUT2D eigenvalue weighted by atomic mass is 79.9. The Bertz CT molecular complexity index is 1040. The van der Waals surface area contributed by atoms with E-state index in [0.717, 1.165) is 10.0 Å². The molecule has 0 aliphatic carbocycles. The summed E-state index contributed by atoms with van der Waals surface area (Å²) in [5.74, 6) is -0.754. The number of hydrogen-bond acceptors (Lipinski definition) is 6. The number of benzene rings is 2. The molecule has 1 heterocycles. The van der Waals surface area contributed by atoms with Gasteiger partial charge in [0.05, 0.1) is 18.1 Å². The lowest BCUT2D eigenvalue weighted by Gasteiger charge is -2.31. The number of nitrogens with zero attached hydrogens (tertiary/aromatic N) is 1. The van der Waals surface area contributed by atoms with Crippen molar-refractivity contribution in [2.75, 3.05) is 39.5 Å². The number of aliphatic hydroxyl groups is 1. The summed E-state index contributed by atoms with van der Waals surface area (Å²) in [5, 5.41) is 15.3. The predicted molar refractivity (Wildman–Crippen MR) is 156 cm³/mol. The number of carbonyl (C=O) groups is 2.